The van der Waals surface area contributed by atoms with Gasteiger partial charge in [-0.15, -0.1) is 0 Å². The van der Waals surface area contributed by atoms with E-state index in [2.05, 4.69) is 15.6 Å². The van der Waals surface area contributed by atoms with E-state index in [9.17, 15) is 8.78 Å². The van der Waals surface area contributed by atoms with Crippen molar-refractivity contribution >= 4 is 5.96 Å². The van der Waals surface area contributed by atoms with Crippen LogP contribution in [0, 0.1) is 17.6 Å². The molecule has 5 nitrogen and oxygen atoms in total. The summed E-state index contributed by atoms with van der Waals surface area (Å²) in [6, 6.07) is 3.47. The molecule has 2 rings (SSSR count). The molecule has 1 saturated carbocycles. The molecule has 0 amide bonds. The highest BCUT2D eigenvalue weighted by Crippen LogP contribution is 2.28. The van der Waals surface area contributed by atoms with Crippen LogP contribution in [0.15, 0.2) is 23.2 Å². The predicted molar refractivity (Wildman–Crippen MR) is 89.4 cm³/mol. The van der Waals surface area contributed by atoms with E-state index < -0.39 is 11.6 Å². The molecule has 1 aromatic rings. The molecular formula is C17H25F2N3O2. The molecule has 0 bridgehead atoms. The smallest absolute Gasteiger partial charge is 0.191 e. The van der Waals surface area contributed by atoms with Crippen LogP contribution in [0.1, 0.15) is 19.3 Å². The molecular weight excluding hydrogens is 316 g/mol. The zero-order valence-electron chi connectivity index (χ0n) is 14.0. The first kappa shape index (κ1) is 18.4. The summed E-state index contributed by atoms with van der Waals surface area (Å²) in [4.78, 5) is 4.10. The second-order valence-corrected chi connectivity index (χ2v) is 5.72. The second kappa shape index (κ2) is 10.1. The molecule has 24 heavy (non-hydrogen) atoms. The Hall–Kier alpha value is -1.89. The Bertz CT molecular complexity index is 537. The molecule has 0 saturated heterocycles. The van der Waals surface area contributed by atoms with Crippen molar-refractivity contribution in [1.82, 2.24) is 10.6 Å². The van der Waals surface area contributed by atoms with Gasteiger partial charge in [0.2, 0.25) is 0 Å². The van der Waals surface area contributed by atoms with Gasteiger partial charge >= 0.3 is 0 Å². The molecule has 0 aliphatic heterocycles. The number of halogens is 2. The maximum atomic E-state index is 13.0. The molecule has 2 N–H and O–H groups in total. The largest absolute Gasteiger partial charge is 0.492 e. The summed E-state index contributed by atoms with van der Waals surface area (Å²) in [5.74, 6) is -0.0347. The monoisotopic (exact) mass is 341 g/mol. The molecule has 7 heteroatoms. The molecule has 0 radical (unpaired) electrons. The quantitative estimate of drug-likeness (QED) is 0.390. The maximum Gasteiger partial charge on any atom is 0.191 e. The van der Waals surface area contributed by atoms with Crippen LogP contribution >= 0.6 is 0 Å². The van der Waals surface area contributed by atoms with Gasteiger partial charge in [-0.3, -0.25) is 4.99 Å². The van der Waals surface area contributed by atoms with Crippen LogP contribution in [0.4, 0.5) is 8.78 Å². The van der Waals surface area contributed by atoms with Crippen molar-refractivity contribution in [1.29, 1.82) is 0 Å². The second-order valence-electron chi connectivity index (χ2n) is 5.72. The number of ether oxygens (including phenoxy) is 2. The third kappa shape index (κ3) is 7.12. The number of rotatable bonds is 10. The fraction of sp³-hybridized carbons (Fsp3) is 0.588. The van der Waals surface area contributed by atoms with Crippen molar-refractivity contribution in [3.05, 3.63) is 29.8 Å². The number of aliphatic imine (C=N–C) groups is 1. The summed E-state index contributed by atoms with van der Waals surface area (Å²) in [6.07, 6.45) is 3.53. The minimum atomic E-state index is -0.915. The van der Waals surface area contributed by atoms with E-state index in [1.165, 1.54) is 18.9 Å². The van der Waals surface area contributed by atoms with Gasteiger partial charge in [-0.1, -0.05) is 0 Å². The Kier molecular flexibility index (Phi) is 7.74. The SMILES string of the molecule is CN=C(NCCCOCC1CC1)NCCOc1ccc(F)c(F)c1. The average Bonchev–Trinajstić information content (AvgIpc) is 3.40. The first-order valence-corrected chi connectivity index (χ1v) is 8.29. The molecule has 1 aromatic carbocycles. The van der Waals surface area contributed by atoms with Gasteiger partial charge in [0.05, 0.1) is 6.54 Å². The van der Waals surface area contributed by atoms with Gasteiger partial charge in [0.15, 0.2) is 17.6 Å². The van der Waals surface area contributed by atoms with E-state index in [0.29, 0.717) is 24.9 Å². The van der Waals surface area contributed by atoms with Gasteiger partial charge in [0, 0.05) is 32.9 Å². The number of nitrogens with one attached hydrogen (secondary N) is 2. The summed E-state index contributed by atoms with van der Waals surface area (Å²) in [5, 5.41) is 6.27. The highest BCUT2D eigenvalue weighted by Gasteiger charge is 2.20. The predicted octanol–water partition coefficient (Wildman–Crippen LogP) is 2.33. The molecule has 0 spiro atoms. The Balaban J connectivity index is 1.51. The number of nitrogens with zero attached hydrogens (tertiary/aromatic N) is 1. The fourth-order valence-electron chi connectivity index (χ4n) is 2.04. The van der Waals surface area contributed by atoms with Crippen LogP contribution in [0.2, 0.25) is 0 Å². The van der Waals surface area contributed by atoms with Crippen molar-refractivity contribution in [2.45, 2.75) is 19.3 Å². The van der Waals surface area contributed by atoms with E-state index >= 15 is 0 Å². The molecule has 0 aromatic heterocycles. The number of hydrogen-bond acceptors (Lipinski definition) is 3. The Morgan fingerprint density at radius 2 is 1.96 bits per heavy atom. The maximum absolute atomic E-state index is 13.0. The topological polar surface area (TPSA) is 54.9 Å². The summed E-state index contributed by atoms with van der Waals surface area (Å²) in [5.41, 5.74) is 0. The van der Waals surface area contributed by atoms with Gasteiger partial charge in [0.1, 0.15) is 12.4 Å². The zero-order chi connectivity index (χ0) is 17.2. The van der Waals surface area contributed by atoms with Gasteiger partial charge in [-0.05, 0) is 37.3 Å². The molecule has 0 unspecified atom stereocenters. The summed E-state index contributed by atoms with van der Waals surface area (Å²) in [6.45, 7) is 3.22. The fourth-order valence-corrected chi connectivity index (χ4v) is 2.04. The first-order chi connectivity index (χ1) is 11.7. The van der Waals surface area contributed by atoms with E-state index in [4.69, 9.17) is 9.47 Å². The first-order valence-electron chi connectivity index (χ1n) is 8.29. The molecule has 0 atom stereocenters. The lowest BCUT2D eigenvalue weighted by molar-refractivity contribution is 0.123. The minimum Gasteiger partial charge on any atom is -0.492 e. The Labute approximate surface area is 141 Å². The van der Waals surface area contributed by atoms with Crippen LogP contribution in [0.3, 0.4) is 0 Å². The lowest BCUT2D eigenvalue weighted by atomic mass is 10.3. The highest BCUT2D eigenvalue weighted by molar-refractivity contribution is 5.79. The summed E-state index contributed by atoms with van der Waals surface area (Å²) >= 11 is 0. The standard InChI is InChI=1S/C17H25F2N3O2/c1-20-17(21-7-2-9-23-12-13-3-4-13)22-8-10-24-14-5-6-15(18)16(19)11-14/h5-6,11,13H,2-4,7-10,12H2,1H3,(H2,20,21,22). The van der Waals surface area contributed by atoms with E-state index in [1.54, 1.807) is 7.05 Å². The van der Waals surface area contributed by atoms with E-state index in [-0.39, 0.29) is 0 Å². The normalized spacial score (nSPS) is 14.5. The van der Waals surface area contributed by atoms with Gasteiger partial charge in [-0.25, -0.2) is 8.78 Å². The van der Waals surface area contributed by atoms with E-state index in [0.717, 1.165) is 44.2 Å². The molecule has 1 aliphatic carbocycles. The van der Waals surface area contributed by atoms with Crippen molar-refractivity contribution in [3.8, 4) is 5.75 Å². The zero-order valence-corrected chi connectivity index (χ0v) is 14.0. The van der Waals surface area contributed by atoms with Crippen molar-refractivity contribution < 1.29 is 18.3 Å². The molecule has 1 fully saturated rings. The third-order valence-electron chi connectivity index (χ3n) is 3.59. The van der Waals surface area contributed by atoms with Gasteiger partial charge < -0.3 is 20.1 Å². The molecule has 134 valence electrons. The summed E-state index contributed by atoms with van der Waals surface area (Å²) < 4.78 is 36.7. The van der Waals surface area contributed by atoms with Crippen molar-refractivity contribution in [2.24, 2.45) is 10.9 Å². The van der Waals surface area contributed by atoms with E-state index in [1.807, 2.05) is 0 Å². The Morgan fingerprint density at radius 3 is 2.67 bits per heavy atom. The van der Waals surface area contributed by atoms with Crippen LogP contribution in [-0.4, -0.2) is 45.9 Å². The third-order valence-corrected chi connectivity index (χ3v) is 3.59. The van der Waals surface area contributed by atoms with Gasteiger partial charge in [-0.2, -0.15) is 0 Å². The van der Waals surface area contributed by atoms with Crippen molar-refractivity contribution in [2.75, 3.05) is 40.0 Å². The van der Waals surface area contributed by atoms with Crippen LogP contribution < -0.4 is 15.4 Å². The van der Waals surface area contributed by atoms with Crippen LogP contribution in [-0.2, 0) is 4.74 Å². The number of hydrogen-bond donors (Lipinski definition) is 2. The summed E-state index contributed by atoms with van der Waals surface area (Å²) in [7, 11) is 1.69. The number of benzene rings is 1. The van der Waals surface area contributed by atoms with Crippen molar-refractivity contribution in [3.63, 3.8) is 0 Å². The lowest BCUT2D eigenvalue weighted by Gasteiger charge is -2.12. The number of guanidine groups is 1. The van der Waals surface area contributed by atoms with Crippen LogP contribution in [0.25, 0.3) is 0 Å². The average molecular weight is 341 g/mol. The Morgan fingerprint density at radius 1 is 1.17 bits per heavy atom. The minimum absolute atomic E-state index is 0.298. The highest BCUT2D eigenvalue weighted by atomic mass is 19.2. The van der Waals surface area contributed by atoms with Gasteiger partial charge in [0.25, 0.3) is 0 Å². The van der Waals surface area contributed by atoms with Crippen LogP contribution in [0.5, 0.6) is 5.75 Å². The molecule has 1 aliphatic rings. The molecule has 0 heterocycles. The lowest BCUT2D eigenvalue weighted by Crippen LogP contribution is -2.39.